The molecule has 12 heteroatoms. The van der Waals surface area contributed by atoms with Gasteiger partial charge >= 0.3 is 12.2 Å². The number of nitrogens with zero attached hydrogens (tertiary/aromatic N) is 4. The first-order chi connectivity index (χ1) is 14.6. The van der Waals surface area contributed by atoms with Crippen molar-refractivity contribution >= 4 is 23.5 Å². The van der Waals surface area contributed by atoms with E-state index < -0.39 is 22.9 Å². The quantitative estimate of drug-likeness (QED) is 0.721. The Morgan fingerprint density at radius 2 is 1.97 bits per heavy atom. The van der Waals surface area contributed by atoms with Gasteiger partial charge in [-0.2, -0.15) is 13.2 Å². The van der Waals surface area contributed by atoms with Crippen molar-refractivity contribution in [3.63, 3.8) is 0 Å². The van der Waals surface area contributed by atoms with Crippen LogP contribution in [-0.4, -0.2) is 52.2 Å². The van der Waals surface area contributed by atoms with Crippen LogP contribution in [0.15, 0.2) is 10.5 Å². The van der Waals surface area contributed by atoms with Gasteiger partial charge < -0.3 is 19.4 Å². The summed E-state index contributed by atoms with van der Waals surface area (Å²) in [5, 5.41) is 9.86. The number of amides is 1. The number of carbonyl (C=O) groups excluding carboxylic acids is 1. The number of nitrogens with one attached hydrogen (secondary N) is 1. The second-order valence-corrected chi connectivity index (χ2v) is 8.38. The van der Waals surface area contributed by atoms with E-state index in [1.165, 1.54) is 20.0 Å². The van der Waals surface area contributed by atoms with Crippen LogP contribution < -0.4 is 10.1 Å². The van der Waals surface area contributed by atoms with Crippen molar-refractivity contribution in [3.05, 3.63) is 16.8 Å². The molecule has 1 atom stereocenters. The number of halogens is 4. The van der Waals surface area contributed by atoms with Gasteiger partial charge in [0.25, 0.3) is 5.89 Å². The highest BCUT2D eigenvalue weighted by Crippen LogP contribution is 2.53. The molecule has 3 heterocycles. The van der Waals surface area contributed by atoms with Crippen LogP contribution in [0.5, 0.6) is 5.88 Å². The van der Waals surface area contributed by atoms with Gasteiger partial charge in [-0.3, -0.25) is 4.79 Å². The molecule has 4 rings (SSSR count). The van der Waals surface area contributed by atoms with Gasteiger partial charge in [0.1, 0.15) is 11.6 Å². The molecule has 2 aliphatic rings. The van der Waals surface area contributed by atoms with Crippen LogP contribution >= 0.6 is 11.6 Å². The Morgan fingerprint density at radius 3 is 2.55 bits per heavy atom. The van der Waals surface area contributed by atoms with Gasteiger partial charge in [-0.25, -0.2) is 4.98 Å². The maximum absolute atomic E-state index is 13.0. The van der Waals surface area contributed by atoms with E-state index in [0.717, 1.165) is 32.0 Å². The molecule has 168 valence electrons. The summed E-state index contributed by atoms with van der Waals surface area (Å²) < 4.78 is 49.5. The lowest BCUT2D eigenvalue weighted by molar-refractivity contribution is -0.141. The number of carbonyl (C=O) groups is 1. The summed E-state index contributed by atoms with van der Waals surface area (Å²) >= 11 is 5.74. The molecule has 1 amide bonds. The lowest BCUT2D eigenvalue weighted by atomic mass is 9.93. The van der Waals surface area contributed by atoms with Crippen molar-refractivity contribution in [1.29, 1.82) is 0 Å². The smallest absolute Gasteiger partial charge is 0.434 e. The normalized spacial score (nSPS) is 18.7. The summed E-state index contributed by atoms with van der Waals surface area (Å²) in [6, 6.07) is 0.339. The number of methoxy groups -OCH3 is 1. The first-order valence-electron chi connectivity index (χ1n) is 9.83. The lowest BCUT2D eigenvalue weighted by Gasteiger charge is -2.33. The number of pyridine rings is 1. The molecule has 31 heavy (non-hydrogen) atoms. The molecular formula is C19H21ClF3N5O3. The molecule has 2 aromatic heterocycles. The molecule has 0 unspecified atom stereocenters. The number of likely N-dealkylation sites (tertiary alicyclic amines) is 1. The fourth-order valence-electron chi connectivity index (χ4n) is 3.77. The molecular weight excluding hydrogens is 439 g/mol. The monoisotopic (exact) mass is 459 g/mol. The highest BCUT2D eigenvalue weighted by Gasteiger charge is 2.45. The molecule has 1 N–H and O–H groups in total. The van der Waals surface area contributed by atoms with Crippen molar-refractivity contribution in [2.24, 2.45) is 5.41 Å². The summed E-state index contributed by atoms with van der Waals surface area (Å²) in [6.45, 7) is 3.14. The summed E-state index contributed by atoms with van der Waals surface area (Å²) in [7, 11) is 1.17. The minimum Gasteiger partial charge on any atom is -0.480 e. The van der Waals surface area contributed by atoms with Crippen LogP contribution in [0.3, 0.4) is 0 Å². The number of piperidine rings is 1. The van der Waals surface area contributed by atoms with Crippen LogP contribution in [0.4, 0.5) is 19.2 Å². The minimum atomic E-state index is -4.74. The van der Waals surface area contributed by atoms with Crippen molar-refractivity contribution < 1.29 is 27.1 Å². The van der Waals surface area contributed by atoms with Gasteiger partial charge in [-0.15, -0.1) is 5.10 Å². The van der Waals surface area contributed by atoms with E-state index in [9.17, 15) is 18.0 Å². The first kappa shape index (κ1) is 21.7. The number of aromatic nitrogens is 3. The fourth-order valence-corrected chi connectivity index (χ4v) is 4.03. The van der Waals surface area contributed by atoms with E-state index in [2.05, 4.69) is 20.5 Å². The Kier molecular flexibility index (Phi) is 5.48. The Hall–Kier alpha value is -2.56. The molecule has 8 nitrogen and oxygen atoms in total. The van der Waals surface area contributed by atoms with Gasteiger partial charge in [0.15, 0.2) is 5.69 Å². The SMILES string of the molecule is COc1nc(C(F)(F)F)c(Cl)cc1-c1nnc(N[C@H](C)C(=O)N2CCC3(CC2)CC3)o1. The number of hydrogen-bond acceptors (Lipinski definition) is 7. The number of rotatable bonds is 5. The maximum atomic E-state index is 13.0. The second-order valence-electron chi connectivity index (χ2n) is 7.98. The van der Waals surface area contributed by atoms with Crippen molar-refractivity contribution in [2.75, 3.05) is 25.5 Å². The van der Waals surface area contributed by atoms with E-state index in [1.807, 2.05) is 4.90 Å². The van der Waals surface area contributed by atoms with Gasteiger partial charge in [-0.05, 0) is 44.1 Å². The van der Waals surface area contributed by atoms with Crippen LogP contribution in [0.25, 0.3) is 11.5 Å². The van der Waals surface area contributed by atoms with Gasteiger partial charge in [0, 0.05) is 13.1 Å². The number of hydrogen-bond donors (Lipinski definition) is 1. The first-order valence-corrected chi connectivity index (χ1v) is 10.2. The zero-order valence-corrected chi connectivity index (χ0v) is 17.7. The van der Waals surface area contributed by atoms with Crippen LogP contribution in [0.1, 0.15) is 38.3 Å². The zero-order chi connectivity index (χ0) is 22.4. The third-order valence-electron chi connectivity index (χ3n) is 5.86. The number of anilines is 1. The summed E-state index contributed by atoms with van der Waals surface area (Å²) in [5.41, 5.74) is -0.808. The molecule has 1 aliphatic carbocycles. The molecule has 0 radical (unpaired) electrons. The highest BCUT2D eigenvalue weighted by atomic mass is 35.5. The fraction of sp³-hybridized carbons (Fsp3) is 0.579. The van der Waals surface area contributed by atoms with Crippen molar-refractivity contribution in [2.45, 2.75) is 44.8 Å². The summed E-state index contributed by atoms with van der Waals surface area (Å²) in [5.74, 6) is -0.582. The molecule has 1 spiro atoms. The Labute approximate surface area is 181 Å². The lowest BCUT2D eigenvalue weighted by Crippen LogP contribution is -2.45. The topological polar surface area (TPSA) is 93.4 Å². The Balaban J connectivity index is 1.46. The van der Waals surface area contributed by atoms with Crippen molar-refractivity contribution in [3.8, 4) is 17.3 Å². The summed E-state index contributed by atoms with van der Waals surface area (Å²) in [6.07, 6.45) is -0.192. The van der Waals surface area contributed by atoms with Gasteiger partial charge in [0.05, 0.1) is 12.1 Å². The molecule has 2 fully saturated rings. The Bertz CT molecular complexity index is 983. The average molecular weight is 460 g/mol. The molecule has 1 saturated heterocycles. The maximum Gasteiger partial charge on any atom is 0.434 e. The molecule has 2 aromatic rings. The standard InChI is InChI=1S/C19H21ClF3N5O3/c1-10(16(29)28-7-5-18(3-4-18)6-8-28)24-17-27-26-15(31-17)11-9-12(20)13(19(21,22)23)25-14(11)30-2/h9-10H,3-8H2,1-2H3,(H,24,27)/t10-/m1/s1. The predicted octanol–water partition coefficient (Wildman–Crippen LogP) is 4.02. The van der Waals surface area contributed by atoms with Gasteiger partial charge in [0.2, 0.25) is 11.8 Å². The van der Waals surface area contributed by atoms with Gasteiger partial charge in [-0.1, -0.05) is 16.7 Å². The second kappa shape index (κ2) is 7.85. The van der Waals surface area contributed by atoms with E-state index in [0.29, 0.717) is 5.41 Å². The van der Waals surface area contributed by atoms with Crippen molar-refractivity contribution in [1.82, 2.24) is 20.1 Å². The molecule has 0 bridgehead atoms. The Morgan fingerprint density at radius 1 is 1.29 bits per heavy atom. The van der Waals surface area contributed by atoms with E-state index in [-0.39, 0.29) is 29.3 Å². The number of ether oxygens (including phenoxy) is 1. The van der Waals surface area contributed by atoms with E-state index >= 15 is 0 Å². The predicted molar refractivity (Wildman–Crippen MR) is 105 cm³/mol. The van der Waals surface area contributed by atoms with Crippen LogP contribution in [0, 0.1) is 5.41 Å². The van der Waals surface area contributed by atoms with E-state index in [1.54, 1.807) is 6.92 Å². The third kappa shape index (κ3) is 4.41. The third-order valence-corrected chi connectivity index (χ3v) is 6.15. The summed E-state index contributed by atoms with van der Waals surface area (Å²) in [4.78, 5) is 18.0. The zero-order valence-electron chi connectivity index (χ0n) is 16.9. The van der Waals surface area contributed by atoms with Crippen LogP contribution in [-0.2, 0) is 11.0 Å². The largest absolute Gasteiger partial charge is 0.480 e. The highest BCUT2D eigenvalue weighted by molar-refractivity contribution is 6.31. The van der Waals surface area contributed by atoms with E-state index in [4.69, 9.17) is 20.8 Å². The molecule has 1 saturated carbocycles. The number of alkyl halides is 3. The molecule has 0 aromatic carbocycles. The van der Waals surface area contributed by atoms with Crippen LogP contribution in [0.2, 0.25) is 5.02 Å². The molecule has 1 aliphatic heterocycles. The average Bonchev–Trinajstić information content (AvgIpc) is 3.31. The minimum absolute atomic E-state index is 0.00536.